The third-order valence-electron chi connectivity index (χ3n) is 4.75. The van der Waals surface area contributed by atoms with Gasteiger partial charge in [0.05, 0.1) is 5.92 Å². The Labute approximate surface area is 148 Å². The van der Waals surface area contributed by atoms with Crippen LogP contribution in [0, 0.1) is 0 Å². The number of nitrogens with zero attached hydrogens (tertiary/aromatic N) is 5. The van der Waals surface area contributed by atoms with Crippen molar-refractivity contribution in [3.63, 3.8) is 0 Å². The Balaban J connectivity index is 1.74. The summed E-state index contributed by atoms with van der Waals surface area (Å²) >= 11 is 0. The van der Waals surface area contributed by atoms with Gasteiger partial charge in [0.25, 0.3) is 0 Å². The van der Waals surface area contributed by atoms with Gasteiger partial charge < -0.3 is 14.3 Å². The summed E-state index contributed by atoms with van der Waals surface area (Å²) in [6, 6.07) is 3.95. The fourth-order valence-corrected chi connectivity index (χ4v) is 3.24. The van der Waals surface area contributed by atoms with E-state index in [1.54, 1.807) is 13.1 Å². The highest BCUT2D eigenvalue weighted by Gasteiger charge is 2.27. The predicted octanol–water partition coefficient (Wildman–Crippen LogP) is 2.70. The van der Waals surface area contributed by atoms with E-state index in [-0.39, 0.29) is 11.8 Å². The van der Waals surface area contributed by atoms with Crippen molar-refractivity contribution in [3.8, 4) is 11.4 Å². The molecular weight excluding hydrogens is 318 g/mol. The lowest BCUT2D eigenvalue weighted by molar-refractivity contribution is -0.130. The molecule has 2 aromatic heterocycles. The Bertz CT molecular complexity index is 709. The maximum Gasteiger partial charge on any atom is 0.231 e. The number of likely N-dealkylation sites (tertiary alicyclic amines) is 1. The van der Waals surface area contributed by atoms with Crippen LogP contribution in [0.2, 0.25) is 0 Å². The van der Waals surface area contributed by atoms with Crippen molar-refractivity contribution in [2.24, 2.45) is 0 Å². The topological polar surface area (TPSA) is 75.4 Å². The number of hydrogen-bond donors (Lipinski definition) is 0. The molecule has 3 rings (SSSR count). The van der Waals surface area contributed by atoms with E-state index in [9.17, 15) is 4.79 Å². The molecule has 1 fully saturated rings. The molecule has 25 heavy (non-hydrogen) atoms. The molecule has 1 aliphatic heterocycles. The molecule has 0 unspecified atom stereocenters. The van der Waals surface area contributed by atoms with Crippen LogP contribution in [0.3, 0.4) is 0 Å². The number of rotatable bonds is 5. The molecule has 1 aliphatic rings. The molecule has 1 saturated heterocycles. The van der Waals surface area contributed by atoms with E-state index in [1.165, 1.54) is 0 Å². The van der Waals surface area contributed by atoms with E-state index >= 15 is 0 Å². The Morgan fingerprint density at radius 3 is 2.80 bits per heavy atom. The van der Waals surface area contributed by atoms with Gasteiger partial charge in [0.15, 0.2) is 0 Å². The van der Waals surface area contributed by atoms with Gasteiger partial charge in [0.1, 0.15) is 5.82 Å². The van der Waals surface area contributed by atoms with Gasteiger partial charge >= 0.3 is 0 Å². The third-order valence-corrected chi connectivity index (χ3v) is 4.75. The van der Waals surface area contributed by atoms with Gasteiger partial charge in [0.2, 0.25) is 17.6 Å². The van der Waals surface area contributed by atoms with Gasteiger partial charge in [-0.05, 0) is 38.8 Å². The van der Waals surface area contributed by atoms with Gasteiger partial charge in [-0.2, -0.15) is 4.98 Å². The number of hydrogen-bond acceptors (Lipinski definition) is 6. The Hall–Kier alpha value is -2.44. The van der Waals surface area contributed by atoms with Crippen LogP contribution >= 0.6 is 0 Å². The number of pyridine rings is 1. The maximum absolute atomic E-state index is 11.6. The molecule has 7 heteroatoms. The Morgan fingerprint density at radius 1 is 1.36 bits per heavy atom. The number of piperidine rings is 1. The van der Waals surface area contributed by atoms with Crippen molar-refractivity contribution in [1.29, 1.82) is 0 Å². The smallest absolute Gasteiger partial charge is 0.231 e. The second-order valence-electron chi connectivity index (χ2n) is 6.34. The van der Waals surface area contributed by atoms with E-state index in [4.69, 9.17) is 4.52 Å². The monoisotopic (exact) mass is 343 g/mol. The molecule has 1 amide bonds. The molecule has 1 atom stereocenters. The van der Waals surface area contributed by atoms with E-state index in [2.05, 4.69) is 33.9 Å². The average Bonchev–Trinajstić information content (AvgIpc) is 3.13. The Morgan fingerprint density at radius 2 is 2.16 bits per heavy atom. The van der Waals surface area contributed by atoms with Crippen LogP contribution in [0.25, 0.3) is 11.4 Å². The molecule has 3 heterocycles. The highest BCUT2D eigenvalue weighted by molar-refractivity contribution is 5.73. The predicted molar refractivity (Wildman–Crippen MR) is 95.3 cm³/mol. The van der Waals surface area contributed by atoms with Crippen LogP contribution in [0.15, 0.2) is 22.9 Å². The summed E-state index contributed by atoms with van der Waals surface area (Å²) in [6.45, 7) is 9.12. The maximum atomic E-state index is 11.6. The third kappa shape index (κ3) is 3.81. The van der Waals surface area contributed by atoms with Crippen molar-refractivity contribution in [3.05, 3.63) is 24.2 Å². The van der Waals surface area contributed by atoms with Crippen molar-refractivity contribution >= 4 is 11.7 Å². The number of anilines is 1. The van der Waals surface area contributed by atoms with Crippen molar-refractivity contribution in [1.82, 2.24) is 20.0 Å². The fraction of sp³-hybridized carbons (Fsp3) is 0.556. The first-order valence-corrected chi connectivity index (χ1v) is 8.92. The molecule has 2 aromatic rings. The summed E-state index contributed by atoms with van der Waals surface area (Å²) in [5.74, 6) is 2.31. The molecule has 0 radical (unpaired) electrons. The lowest BCUT2D eigenvalue weighted by atomic mass is 9.98. The van der Waals surface area contributed by atoms with E-state index in [1.807, 2.05) is 17.0 Å². The van der Waals surface area contributed by atoms with Gasteiger partial charge in [-0.25, -0.2) is 4.98 Å². The van der Waals surface area contributed by atoms with Crippen molar-refractivity contribution in [2.45, 2.75) is 39.5 Å². The molecule has 0 N–H and O–H groups in total. The molecule has 0 bridgehead atoms. The first-order valence-electron chi connectivity index (χ1n) is 8.92. The summed E-state index contributed by atoms with van der Waals surface area (Å²) in [7, 11) is 0. The summed E-state index contributed by atoms with van der Waals surface area (Å²) < 4.78 is 5.47. The molecular formula is C18H25N5O2. The quantitative estimate of drug-likeness (QED) is 0.831. The standard InChI is InChI=1S/C18H25N5O2/c1-4-22(5-2)16-9-8-14(11-19-16)17-20-18(25-21-17)15-7-6-10-23(12-15)13(3)24/h8-9,11,15H,4-7,10,12H2,1-3H3/t15-/m1/s1. The van der Waals surface area contributed by atoms with Gasteiger partial charge in [-0.15, -0.1) is 0 Å². The Kier molecular flexibility index (Phi) is 5.31. The summed E-state index contributed by atoms with van der Waals surface area (Å²) in [4.78, 5) is 24.7. The second kappa shape index (κ2) is 7.63. The van der Waals surface area contributed by atoms with E-state index in [0.29, 0.717) is 18.3 Å². The number of aromatic nitrogens is 3. The normalized spacial score (nSPS) is 17.6. The van der Waals surface area contributed by atoms with Crippen LogP contribution in [0.5, 0.6) is 0 Å². The number of carbonyl (C=O) groups excluding carboxylic acids is 1. The molecule has 7 nitrogen and oxygen atoms in total. The van der Waals surface area contributed by atoms with E-state index in [0.717, 1.165) is 43.9 Å². The number of amides is 1. The summed E-state index contributed by atoms with van der Waals surface area (Å²) in [5.41, 5.74) is 0.838. The molecule has 0 aliphatic carbocycles. The van der Waals surface area contributed by atoms with Crippen LogP contribution in [0.1, 0.15) is 45.4 Å². The second-order valence-corrected chi connectivity index (χ2v) is 6.34. The van der Waals surface area contributed by atoms with Crippen LogP contribution in [0.4, 0.5) is 5.82 Å². The lowest BCUT2D eigenvalue weighted by Crippen LogP contribution is -2.37. The minimum Gasteiger partial charge on any atom is -0.357 e. The zero-order valence-electron chi connectivity index (χ0n) is 15.1. The molecule has 0 saturated carbocycles. The van der Waals surface area contributed by atoms with Crippen molar-refractivity contribution < 1.29 is 9.32 Å². The zero-order chi connectivity index (χ0) is 17.8. The number of carbonyl (C=O) groups is 1. The van der Waals surface area contributed by atoms with Gasteiger partial charge in [0, 0.05) is 44.9 Å². The van der Waals surface area contributed by atoms with Gasteiger partial charge in [-0.3, -0.25) is 4.79 Å². The van der Waals surface area contributed by atoms with Crippen LogP contribution < -0.4 is 4.90 Å². The molecule has 0 aromatic carbocycles. The molecule has 0 spiro atoms. The first kappa shape index (κ1) is 17.4. The van der Waals surface area contributed by atoms with E-state index < -0.39 is 0 Å². The SMILES string of the molecule is CCN(CC)c1ccc(-c2noc([C@@H]3CCCN(C(C)=O)C3)n2)cn1. The highest BCUT2D eigenvalue weighted by Crippen LogP contribution is 2.27. The average molecular weight is 343 g/mol. The van der Waals surface area contributed by atoms with Crippen molar-refractivity contribution in [2.75, 3.05) is 31.1 Å². The zero-order valence-corrected chi connectivity index (χ0v) is 15.1. The summed E-state index contributed by atoms with van der Waals surface area (Å²) in [6.07, 6.45) is 3.71. The highest BCUT2D eigenvalue weighted by atomic mass is 16.5. The largest absolute Gasteiger partial charge is 0.357 e. The van der Waals surface area contributed by atoms with Gasteiger partial charge in [-0.1, -0.05) is 5.16 Å². The van der Waals surface area contributed by atoms with Crippen LogP contribution in [-0.4, -0.2) is 52.1 Å². The fourth-order valence-electron chi connectivity index (χ4n) is 3.24. The van der Waals surface area contributed by atoms with Crippen LogP contribution in [-0.2, 0) is 4.79 Å². The minimum atomic E-state index is 0.0978. The lowest BCUT2D eigenvalue weighted by Gasteiger charge is -2.29. The first-order chi connectivity index (χ1) is 12.1. The minimum absolute atomic E-state index is 0.0978. The molecule has 134 valence electrons. The summed E-state index contributed by atoms with van der Waals surface area (Å²) in [5, 5.41) is 4.10.